The second-order valence-electron chi connectivity index (χ2n) is 5.17. The van der Waals surface area contributed by atoms with E-state index in [1.54, 1.807) is 6.07 Å². The summed E-state index contributed by atoms with van der Waals surface area (Å²) in [5, 5.41) is 10.9. The number of H-pyrrole nitrogens is 1. The first-order valence-corrected chi connectivity index (χ1v) is 7.41. The molecule has 25 heavy (non-hydrogen) atoms. The predicted octanol–water partition coefficient (Wildman–Crippen LogP) is 5.13. The molecule has 5 nitrogen and oxygen atoms in total. The lowest BCUT2D eigenvalue weighted by molar-refractivity contribution is -0.384. The molecular weight excluding hydrogens is 355 g/mol. The molecule has 2 aromatic carbocycles. The first-order valence-electron chi connectivity index (χ1n) is 7.00. The van der Waals surface area contributed by atoms with Crippen LogP contribution in [0, 0.1) is 14.9 Å². The smallest absolute Gasteiger partial charge is 0.336 e. The van der Waals surface area contributed by atoms with Crippen molar-refractivity contribution in [3.63, 3.8) is 0 Å². The summed E-state index contributed by atoms with van der Waals surface area (Å²) in [7, 11) is 0. The summed E-state index contributed by atoms with van der Waals surface area (Å²) < 4.78 is 40.5. The highest BCUT2D eigenvalue weighted by Crippen LogP contribution is 2.32. The molecule has 3 rings (SSSR count). The van der Waals surface area contributed by atoms with Crippen LogP contribution in [0.4, 0.5) is 18.9 Å². The number of aromatic nitrogens is 2. The Morgan fingerprint density at radius 1 is 1.12 bits per heavy atom. The lowest BCUT2D eigenvalue weighted by Gasteiger charge is -2.12. The number of benzene rings is 2. The maximum atomic E-state index is 13.0. The Bertz CT molecular complexity index is 1010. The van der Waals surface area contributed by atoms with E-state index >= 15 is 0 Å². The number of alkyl halides is 3. The molecule has 0 radical (unpaired) electrons. The summed E-state index contributed by atoms with van der Waals surface area (Å²) in [6.07, 6.45) is -2.98. The van der Waals surface area contributed by atoms with Crippen LogP contribution in [-0.4, -0.2) is 14.5 Å². The van der Waals surface area contributed by atoms with Crippen molar-refractivity contribution < 1.29 is 18.1 Å². The van der Waals surface area contributed by atoms with E-state index in [0.29, 0.717) is 11.3 Å². The van der Waals surface area contributed by atoms with Crippen LogP contribution in [0.25, 0.3) is 16.9 Å². The minimum atomic E-state index is -4.49. The van der Waals surface area contributed by atoms with Crippen molar-refractivity contribution in [1.29, 1.82) is 0 Å². The van der Waals surface area contributed by atoms with Crippen LogP contribution in [0.3, 0.4) is 0 Å². The molecule has 0 aliphatic rings. The van der Waals surface area contributed by atoms with Gasteiger partial charge in [0.1, 0.15) is 0 Å². The van der Waals surface area contributed by atoms with Crippen molar-refractivity contribution in [2.75, 3.05) is 0 Å². The Morgan fingerprint density at radius 2 is 1.84 bits per heavy atom. The van der Waals surface area contributed by atoms with E-state index in [0.717, 1.165) is 12.1 Å². The van der Waals surface area contributed by atoms with Gasteiger partial charge < -0.3 is 4.98 Å². The average Bonchev–Trinajstić information content (AvgIpc) is 2.96. The van der Waals surface area contributed by atoms with Gasteiger partial charge in [-0.3, -0.25) is 14.7 Å². The molecular formula is C16H10F3N3O2S. The molecule has 3 aromatic rings. The number of nitro benzene ring substituents is 1. The standard InChI is InChI=1S/C16H10F3N3O2S/c17-16(18,19)11-4-2-5-12(8-11)21-14(9-20-15(21)25)10-3-1-6-13(7-10)22(23)24/h1-9H,(H,20,25). The maximum Gasteiger partial charge on any atom is 0.416 e. The molecule has 0 atom stereocenters. The van der Waals surface area contributed by atoms with Gasteiger partial charge in [0.2, 0.25) is 0 Å². The monoisotopic (exact) mass is 365 g/mol. The van der Waals surface area contributed by atoms with E-state index in [1.807, 2.05) is 0 Å². The fraction of sp³-hybridized carbons (Fsp3) is 0.0625. The van der Waals surface area contributed by atoms with Gasteiger partial charge in [0.15, 0.2) is 4.77 Å². The summed E-state index contributed by atoms with van der Waals surface area (Å²) in [6, 6.07) is 10.5. The molecule has 1 heterocycles. The van der Waals surface area contributed by atoms with Gasteiger partial charge in [0.25, 0.3) is 5.69 Å². The van der Waals surface area contributed by atoms with E-state index in [4.69, 9.17) is 12.2 Å². The van der Waals surface area contributed by atoms with E-state index in [-0.39, 0.29) is 16.1 Å². The van der Waals surface area contributed by atoms with E-state index in [9.17, 15) is 23.3 Å². The first-order chi connectivity index (χ1) is 11.8. The zero-order chi connectivity index (χ0) is 18.2. The lowest BCUT2D eigenvalue weighted by atomic mass is 10.1. The molecule has 1 N–H and O–H groups in total. The highest BCUT2D eigenvalue weighted by Gasteiger charge is 2.30. The maximum absolute atomic E-state index is 13.0. The fourth-order valence-electron chi connectivity index (χ4n) is 2.44. The molecule has 0 aliphatic carbocycles. The van der Waals surface area contributed by atoms with Crippen molar-refractivity contribution in [2.45, 2.75) is 6.18 Å². The van der Waals surface area contributed by atoms with E-state index in [1.165, 1.54) is 41.1 Å². The van der Waals surface area contributed by atoms with Gasteiger partial charge >= 0.3 is 6.18 Å². The van der Waals surface area contributed by atoms with Crippen LogP contribution < -0.4 is 0 Å². The molecule has 9 heteroatoms. The Hall–Kier alpha value is -2.94. The Morgan fingerprint density at radius 3 is 2.52 bits per heavy atom. The summed E-state index contributed by atoms with van der Waals surface area (Å²) >= 11 is 5.17. The van der Waals surface area contributed by atoms with Gasteiger partial charge in [0, 0.05) is 29.6 Å². The van der Waals surface area contributed by atoms with Gasteiger partial charge in [0.05, 0.1) is 16.2 Å². The summed E-state index contributed by atoms with van der Waals surface area (Å²) in [5.41, 5.74) is 0.160. The number of non-ortho nitro benzene ring substituents is 1. The Balaban J connectivity index is 2.18. The van der Waals surface area contributed by atoms with Crippen LogP contribution in [0.2, 0.25) is 0 Å². The fourth-order valence-corrected chi connectivity index (χ4v) is 2.70. The van der Waals surface area contributed by atoms with Crippen LogP contribution in [0.1, 0.15) is 5.56 Å². The number of nitrogens with one attached hydrogen (secondary N) is 1. The average molecular weight is 365 g/mol. The third-order valence-corrected chi connectivity index (χ3v) is 3.86. The van der Waals surface area contributed by atoms with Crippen molar-refractivity contribution in [1.82, 2.24) is 9.55 Å². The highest BCUT2D eigenvalue weighted by molar-refractivity contribution is 7.71. The van der Waals surface area contributed by atoms with Crippen LogP contribution in [0.15, 0.2) is 54.7 Å². The van der Waals surface area contributed by atoms with Gasteiger partial charge in [-0.1, -0.05) is 18.2 Å². The third kappa shape index (κ3) is 3.31. The van der Waals surface area contributed by atoms with Crippen molar-refractivity contribution in [3.8, 4) is 16.9 Å². The normalized spacial score (nSPS) is 11.5. The molecule has 1 aromatic heterocycles. The number of halogens is 3. The lowest BCUT2D eigenvalue weighted by Crippen LogP contribution is -2.06. The molecule has 0 fully saturated rings. The molecule has 0 aliphatic heterocycles. The second-order valence-corrected chi connectivity index (χ2v) is 5.56. The predicted molar refractivity (Wildman–Crippen MR) is 88.0 cm³/mol. The molecule has 0 spiro atoms. The molecule has 0 amide bonds. The Labute approximate surface area is 144 Å². The zero-order valence-corrected chi connectivity index (χ0v) is 13.3. The number of hydrogen-bond acceptors (Lipinski definition) is 3. The highest BCUT2D eigenvalue weighted by atomic mass is 32.1. The number of nitrogens with zero attached hydrogens (tertiary/aromatic N) is 2. The second kappa shape index (κ2) is 6.17. The number of imidazole rings is 1. The van der Waals surface area contributed by atoms with Crippen LogP contribution in [-0.2, 0) is 6.18 Å². The van der Waals surface area contributed by atoms with Gasteiger partial charge in [-0.2, -0.15) is 13.2 Å². The topological polar surface area (TPSA) is 63.9 Å². The van der Waals surface area contributed by atoms with Crippen molar-refractivity contribution >= 4 is 17.9 Å². The zero-order valence-electron chi connectivity index (χ0n) is 12.4. The molecule has 0 unspecified atom stereocenters. The van der Waals surface area contributed by atoms with Gasteiger partial charge in [-0.25, -0.2) is 0 Å². The number of nitro groups is 1. The number of hydrogen-bond donors (Lipinski definition) is 1. The summed E-state index contributed by atoms with van der Waals surface area (Å²) in [6.45, 7) is 0. The SMILES string of the molecule is O=[N+]([O-])c1cccc(-c2c[nH]c(=S)n2-c2cccc(C(F)(F)F)c2)c1. The van der Waals surface area contributed by atoms with Crippen molar-refractivity contribution in [3.05, 3.63) is 75.2 Å². The minimum absolute atomic E-state index is 0.125. The molecule has 0 saturated carbocycles. The number of rotatable bonds is 3. The largest absolute Gasteiger partial charge is 0.416 e. The number of aromatic amines is 1. The van der Waals surface area contributed by atoms with E-state index in [2.05, 4.69) is 4.98 Å². The molecule has 0 saturated heterocycles. The molecule has 128 valence electrons. The quantitative estimate of drug-likeness (QED) is 0.398. The summed E-state index contributed by atoms with van der Waals surface area (Å²) in [4.78, 5) is 13.2. The van der Waals surface area contributed by atoms with Crippen molar-refractivity contribution in [2.24, 2.45) is 0 Å². The first kappa shape index (κ1) is 16.9. The minimum Gasteiger partial charge on any atom is -0.336 e. The Kier molecular flexibility index (Phi) is 4.17. The third-order valence-electron chi connectivity index (χ3n) is 3.56. The van der Waals surface area contributed by atoms with Crippen LogP contribution in [0.5, 0.6) is 0 Å². The summed E-state index contributed by atoms with van der Waals surface area (Å²) in [5.74, 6) is 0. The van der Waals surface area contributed by atoms with Crippen LogP contribution >= 0.6 is 12.2 Å². The van der Waals surface area contributed by atoms with Gasteiger partial charge in [-0.05, 0) is 30.4 Å². The van der Waals surface area contributed by atoms with Gasteiger partial charge in [-0.15, -0.1) is 0 Å². The van der Waals surface area contributed by atoms with E-state index < -0.39 is 16.7 Å². The molecule has 0 bridgehead atoms.